The summed E-state index contributed by atoms with van der Waals surface area (Å²) in [5.74, 6) is 1.41. The van der Waals surface area contributed by atoms with Crippen molar-refractivity contribution in [3.63, 3.8) is 0 Å². The van der Waals surface area contributed by atoms with Crippen LogP contribution >= 0.6 is 0 Å². The van der Waals surface area contributed by atoms with Crippen LogP contribution in [0.15, 0.2) is 16.5 Å². The molecule has 1 aliphatic rings. The maximum absolute atomic E-state index is 12.5. The highest BCUT2D eigenvalue weighted by atomic mass is 19.4. The van der Waals surface area contributed by atoms with Crippen LogP contribution in [0.4, 0.5) is 25.1 Å². The number of nitrogens with zero attached hydrogens (tertiary/aromatic N) is 5. The number of nitriles is 1. The Morgan fingerprint density at radius 3 is 2.86 bits per heavy atom. The van der Waals surface area contributed by atoms with E-state index in [2.05, 4.69) is 26.3 Å². The van der Waals surface area contributed by atoms with Crippen molar-refractivity contribution in [2.45, 2.75) is 32.5 Å². The largest absolute Gasteiger partial charge is 0.465 e. The predicted octanol–water partition coefficient (Wildman–Crippen LogP) is 3.07. The Labute approximate surface area is 159 Å². The number of hydrogen-bond donors (Lipinski definition) is 1. The molecule has 3 rings (SSSR count). The number of rotatable bonds is 6. The van der Waals surface area contributed by atoms with Crippen molar-refractivity contribution < 1.29 is 22.3 Å². The van der Waals surface area contributed by atoms with Gasteiger partial charge in [-0.15, -0.1) is 0 Å². The van der Waals surface area contributed by atoms with Crippen molar-refractivity contribution in [1.29, 1.82) is 5.26 Å². The zero-order valence-corrected chi connectivity index (χ0v) is 15.2. The van der Waals surface area contributed by atoms with E-state index in [0.29, 0.717) is 18.8 Å². The highest BCUT2D eigenvalue weighted by molar-refractivity contribution is 5.39. The van der Waals surface area contributed by atoms with E-state index in [9.17, 15) is 13.2 Å². The zero-order chi connectivity index (χ0) is 20.1. The number of nitrogens with one attached hydrogen (secondary N) is 1. The number of anilines is 2. The number of ether oxygens (including phenoxy) is 1. The standard InChI is InChI=1S/C17H19F3N6O2/c1-11-4-5-13(28-11)8-22-14-23-15(26-6-2-3-12(7-21)9-26)25-16(24-14)27-10-17(18,19)20/h4-5,12H,2-3,6,8-10H2,1H3,(H,22,23,24,25). The lowest BCUT2D eigenvalue weighted by atomic mass is 10.0. The Morgan fingerprint density at radius 1 is 1.36 bits per heavy atom. The van der Waals surface area contributed by atoms with Crippen molar-refractivity contribution in [2.24, 2.45) is 5.92 Å². The molecule has 28 heavy (non-hydrogen) atoms. The molecule has 0 amide bonds. The van der Waals surface area contributed by atoms with E-state index < -0.39 is 18.8 Å². The van der Waals surface area contributed by atoms with Gasteiger partial charge in [-0.05, 0) is 31.9 Å². The molecule has 1 aliphatic heterocycles. The van der Waals surface area contributed by atoms with E-state index >= 15 is 0 Å². The molecule has 1 atom stereocenters. The highest BCUT2D eigenvalue weighted by Crippen LogP contribution is 2.23. The number of furan rings is 1. The summed E-state index contributed by atoms with van der Waals surface area (Å²) in [6.07, 6.45) is -2.99. The van der Waals surface area contributed by atoms with Gasteiger partial charge in [-0.1, -0.05) is 0 Å². The van der Waals surface area contributed by atoms with Gasteiger partial charge in [0.05, 0.1) is 18.5 Å². The number of aryl methyl sites for hydroxylation is 1. The third kappa shape index (κ3) is 5.48. The maximum atomic E-state index is 12.5. The monoisotopic (exact) mass is 396 g/mol. The van der Waals surface area contributed by atoms with E-state index in [1.165, 1.54) is 0 Å². The normalized spacial score (nSPS) is 17.2. The second-order valence-electron chi connectivity index (χ2n) is 6.43. The Balaban J connectivity index is 1.79. The first-order chi connectivity index (χ1) is 13.3. The van der Waals surface area contributed by atoms with Crippen LogP contribution in [0, 0.1) is 24.2 Å². The molecule has 2 aromatic rings. The van der Waals surface area contributed by atoms with E-state index in [-0.39, 0.29) is 24.4 Å². The van der Waals surface area contributed by atoms with Crippen molar-refractivity contribution in [3.8, 4) is 12.1 Å². The molecule has 3 heterocycles. The van der Waals surface area contributed by atoms with Crippen LogP contribution in [0.3, 0.4) is 0 Å². The van der Waals surface area contributed by atoms with Crippen molar-refractivity contribution in [3.05, 3.63) is 23.7 Å². The van der Waals surface area contributed by atoms with Crippen LogP contribution < -0.4 is 15.0 Å². The molecule has 2 aromatic heterocycles. The van der Waals surface area contributed by atoms with Gasteiger partial charge in [0.2, 0.25) is 11.9 Å². The summed E-state index contributed by atoms with van der Waals surface area (Å²) < 4.78 is 47.6. The molecule has 150 valence electrons. The molecule has 1 N–H and O–H groups in total. The van der Waals surface area contributed by atoms with Gasteiger partial charge in [-0.3, -0.25) is 0 Å². The minimum atomic E-state index is -4.51. The fourth-order valence-electron chi connectivity index (χ4n) is 2.79. The van der Waals surface area contributed by atoms with Crippen LogP contribution in [-0.4, -0.2) is 40.8 Å². The molecule has 0 saturated carbocycles. The summed E-state index contributed by atoms with van der Waals surface area (Å²) in [5, 5.41) is 12.1. The Hall–Kier alpha value is -3.03. The Morgan fingerprint density at radius 2 is 2.18 bits per heavy atom. The van der Waals surface area contributed by atoms with E-state index in [4.69, 9.17) is 14.4 Å². The fourth-order valence-corrected chi connectivity index (χ4v) is 2.79. The fraction of sp³-hybridized carbons (Fsp3) is 0.529. The van der Waals surface area contributed by atoms with Crippen LogP contribution in [0.1, 0.15) is 24.4 Å². The summed E-state index contributed by atoms with van der Waals surface area (Å²) in [7, 11) is 0. The second-order valence-corrected chi connectivity index (χ2v) is 6.43. The smallest absolute Gasteiger partial charge is 0.422 e. The lowest BCUT2D eigenvalue weighted by Gasteiger charge is -2.29. The molecular formula is C17H19F3N6O2. The summed E-state index contributed by atoms with van der Waals surface area (Å²) >= 11 is 0. The van der Waals surface area contributed by atoms with Gasteiger partial charge in [-0.2, -0.15) is 33.4 Å². The lowest BCUT2D eigenvalue weighted by molar-refractivity contribution is -0.154. The molecule has 0 radical (unpaired) electrons. The van der Waals surface area contributed by atoms with Crippen molar-refractivity contribution in [2.75, 3.05) is 29.9 Å². The zero-order valence-electron chi connectivity index (χ0n) is 15.2. The predicted molar refractivity (Wildman–Crippen MR) is 92.7 cm³/mol. The quantitative estimate of drug-likeness (QED) is 0.795. The third-order valence-corrected chi connectivity index (χ3v) is 4.07. The van der Waals surface area contributed by atoms with Gasteiger partial charge in [-0.25, -0.2) is 0 Å². The molecule has 8 nitrogen and oxygen atoms in total. The van der Waals surface area contributed by atoms with Crippen LogP contribution in [0.2, 0.25) is 0 Å². The second kappa shape index (κ2) is 8.33. The van der Waals surface area contributed by atoms with E-state index in [1.54, 1.807) is 24.0 Å². The third-order valence-electron chi connectivity index (χ3n) is 4.07. The number of hydrogen-bond acceptors (Lipinski definition) is 8. The van der Waals surface area contributed by atoms with E-state index in [1.807, 2.05) is 0 Å². The van der Waals surface area contributed by atoms with Gasteiger partial charge in [0.15, 0.2) is 6.61 Å². The summed E-state index contributed by atoms with van der Waals surface area (Å²) in [5.41, 5.74) is 0. The summed E-state index contributed by atoms with van der Waals surface area (Å²) in [4.78, 5) is 13.9. The molecule has 0 aromatic carbocycles. The molecule has 1 saturated heterocycles. The van der Waals surface area contributed by atoms with Crippen LogP contribution in [0.5, 0.6) is 6.01 Å². The summed E-state index contributed by atoms with van der Waals surface area (Å²) in [6, 6.07) is 5.34. The SMILES string of the molecule is Cc1ccc(CNc2nc(OCC(F)(F)F)nc(N3CCCC(C#N)C3)n2)o1. The van der Waals surface area contributed by atoms with Crippen molar-refractivity contribution >= 4 is 11.9 Å². The molecule has 1 fully saturated rings. The molecule has 1 unspecified atom stereocenters. The first kappa shape index (κ1) is 19.7. The number of halogens is 3. The molecule has 0 bridgehead atoms. The molecule has 0 aliphatic carbocycles. The van der Waals surface area contributed by atoms with Gasteiger partial charge in [0, 0.05) is 13.1 Å². The lowest BCUT2D eigenvalue weighted by Crippen LogP contribution is -2.36. The average molecular weight is 396 g/mol. The van der Waals surface area contributed by atoms with Crippen LogP contribution in [-0.2, 0) is 6.54 Å². The molecule has 0 spiro atoms. The number of alkyl halides is 3. The average Bonchev–Trinajstić information content (AvgIpc) is 3.09. The summed E-state index contributed by atoms with van der Waals surface area (Å²) in [6.45, 7) is 1.54. The van der Waals surface area contributed by atoms with Crippen LogP contribution in [0.25, 0.3) is 0 Å². The van der Waals surface area contributed by atoms with E-state index in [0.717, 1.165) is 18.6 Å². The highest BCUT2D eigenvalue weighted by Gasteiger charge is 2.30. The Bertz CT molecular complexity index is 848. The van der Waals surface area contributed by atoms with Gasteiger partial charge in [0.1, 0.15) is 11.5 Å². The van der Waals surface area contributed by atoms with Crippen molar-refractivity contribution in [1.82, 2.24) is 15.0 Å². The number of piperidine rings is 1. The van der Waals surface area contributed by atoms with Gasteiger partial charge >= 0.3 is 12.2 Å². The first-order valence-corrected chi connectivity index (χ1v) is 8.72. The minimum Gasteiger partial charge on any atom is -0.465 e. The minimum absolute atomic E-state index is 0.0651. The Kier molecular flexibility index (Phi) is 5.87. The molecular weight excluding hydrogens is 377 g/mol. The number of aromatic nitrogens is 3. The first-order valence-electron chi connectivity index (χ1n) is 8.72. The van der Waals surface area contributed by atoms with Gasteiger partial charge in [0.25, 0.3) is 0 Å². The molecule has 11 heteroatoms. The topological polar surface area (TPSA) is 100 Å². The maximum Gasteiger partial charge on any atom is 0.422 e. The van der Waals surface area contributed by atoms with Gasteiger partial charge < -0.3 is 19.4 Å².